The molecule has 1 amide bonds. The molecule has 1 aromatic heterocycles. The molecule has 0 aliphatic rings. The number of hydrogen-bond donors (Lipinski definition) is 1. The van der Waals surface area contributed by atoms with E-state index in [-0.39, 0.29) is 5.91 Å². The van der Waals surface area contributed by atoms with Crippen LogP contribution in [0.4, 0.5) is 0 Å². The maximum atomic E-state index is 12.8. The predicted octanol–water partition coefficient (Wildman–Crippen LogP) is 3.94. The lowest BCUT2D eigenvalue weighted by molar-refractivity contribution is -0.115. The van der Waals surface area contributed by atoms with E-state index in [1.807, 2.05) is 90.6 Å². The van der Waals surface area contributed by atoms with Gasteiger partial charge in [-0.05, 0) is 36.6 Å². The first-order valence-electron chi connectivity index (χ1n) is 8.83. The Kier molecular flexibility index (Phi) is 5.99. The third-order valence-electron chi connectivity index (χ3n) is 4.06. The van der Waals surface area contributed by atoms with Gasteiger partial charge in [-0.2, -0.15) is 5.10 Å². The molecule has 0 radical (unpaired) electrons. The van der Waals surface area contributed by atoms with Crippen LogP contribution < -0.4 is 5.32 Å². The summed E-state index contributed by atoms with van der Waals surface area (Å²) in [5.74, 6) is -0.0586. The van der Waals surface area contributed by atoms with Crippen LogP contribution in [0.2, 0.25) is 0 Å². The van der Waals surface area contributed by atoms with E-state index >= 15 is 0 Å². The maximum Gasteiger partial charge on any atom is 0.251 e. The molecule has 2 aromatic carbocycles. The molecule has 132 valence electrons. The van der Waals surface area contributed by atoms with Crippen molar-refractivity contribution in [3.05, 3.63) is 89.7 Å². The summed E-state index contributed by atoms with van der Waals surface area (Å²) >= 11 is 0. The number of benzene rings is 2. The minimum Gasteiger partial charge on any atom is -0.352 e. The number of nitrogens with one attached hydrogen (secondary N) is 1. The van der Waals surface area contributed by atoms with Crippen LogP contribution in [0, 0.1) is 6.92 Å². The molecule has 0 bridgehead atoms. The predicted molar refractivity (Wildman–Crippen MR) is 105 cm³/mol. The monoisotopic (exact) mass is 345 g/mol. The average Bonchev–Trinajstić information content (AvgIpc) is 3.10. The molecule has 0 saturated heterocycles. The second-order valence-electron chi connectivity index (χ2n) is 6.16. The van der Waals surface area contributed by atoms with Crippen molar-refractivity contribution < 1.29 is 4.79 Å². The van der Waals surface area contributed by atoms with Crippen molar-refractivity contribution in [2.24, 2.45) is 0 Å². The molecule has 4 heteroatoms. The highest BCUT2D eigenvalue weighted by atomic mass is 16.1. The van der Waals surface area contributed by atoms with Crippen molar-refractivity contribution in [3.63, 3.8) is 0 Å². The van der Waals surface area contributed by atoms with Crippen molar-refractivity contribution in [3.8, 4) is 0 Å². The van der Waals surface area contributed by atoms with Crippen LogP contribution >= 0.6 is 0 Å². The highest BCUT2D eigenvalue weighted by Crippen LogP contribution is 2.18. The molecule has 0 spiro atoms. The van der Waals surface area contributed by atoms with Gasteiger partial charge in [0.15, 0.2) is 0 Å². The highest BCUT2D eigenvalue weighted by molar-refractivity contribution is 6.24. The average molecular weight is 345 g/mol. The molecule has 3 rings (SSSR count). The van der Waals surface area contributed by atoms with Gasteiger partial charge in [-0.25, -0.2) is 0 Å². The van der Waals surface area contributed by atoms with Crippen LogP contribution in [0.5, 0.6) is 0 Å². The van der Waals surface area contributed by atoms with Gasteiger partial charge >= 0.3 is 0 Å². The van der Waals surface area contributed by atoms with Gasteiger partial charge in [0.05, 0.1) is 5.69 Å². The van der Waals surface area contributed by atoms with Crippen LogP contribution in [0.25, 0.3) is 11.6 Å². The first-order chi connectivity index (χ1) is 12.7. The molecule has 4 nitrogen and oxygen atoms in total. The summed E-state index contributed by atoms with van der Waals surface area (Å²) in [5, 5.41) is 7.39. The van der Waals surface area contributed by atoms with Crippen molar-refractivity contribution in [1.29, 1.82) is 0 Å². The molecule has 0 atom stereocenters. The number of amides is 1. The number of aryl methyl sites for hydroxylation is 2. The fourth-order valence-electron chi connectivity index (χ4n) is 2.74. The van der Waals surface area contributed by atoms with E-state index in [9.17, 15) is 4.79 Å². The zero-order valence-corrected chi connectivity index (χ0v) is 14.9. The van der Waals surface area contributed by atoms with Crippen LogP contribution in [0.1, 0.15) is 23.2 Å². The summed E-state index contributed by atoms with van der Waals surface area (Å²) in [5.41, 5.74) is 3.60. The number of rotatable bonds is 7. The summed E-state index contributed by atoms with van der Waals surface area (Å²) in [7, 11) is 0. The van der Waals surface area contributed by atoms with Gasteiger partial charge < -0.3 is 5.32 Å². The van der Waals surface area contributed by atoms with E-state index in [2.05, 4.69) is 10.4 Å². The minimum atomic E-state index is -0.0586. The number of nitrogens with zero attached hydrogens (tertiary/aromatic N) is 2. The van der Waals surface area contributed by atoms with Crippen LogP contribution in [0.3, 0.4) is 0 Å². The van der Waals surface area contributed by atoms with E-state index in [0.29, 0.717) is 12.1 Å². The van der Waals surface area contributed by atoms with E-state index < -0.39 is 0 Å². The standard InChI is InChI=1S/C22H23N3O/c1-18-13-16-25(24-18)15-8-14-23-22(26)21(20-11-6-3-7-12-20)17-19-9-4-2-5-10-19/h2-7,9-13,16-17H,8,14-15H2,1H3,(H,23,26)/b21-17-. The third-order valence-corrected chi connectivity index (χ3v) is 4.06. The van der Waals surface area contributed by atoms with Crippen LogP contribution in [-0.4, -0.2) is 22.2 Å². The molecule has 3 aromatic rings. The first kappa shape index (κ1) is 17.7. The lowest BCUT2D eigenvalue weighted by Gasteiger charge is -2.10. The Hall–Kier alpha value is -3.14. The van der Waals surface area contributed by atoms with Crippen LogP contribution in [0.15, 0.2) is 72.9 Å². The molecular weight excluding hydrogens is 322 g/mol. The molecule has 0 fully saturated rings. The van der Waals surface area contributed by atoms with Gasteiger partial charge in [0, 0.05) is 24.9 Å². The lowest BCUT2D eigenvalue weighted by atomic mass is 10.0. The van der Waals surface area contributed by atoms with E-state index in [1.54, 1.807) is 0 Å². The Morgan fingerprint density at radius 3 is 2.38 bits per heavy atom. The molecular formula is C22H23N3O. The summed E-state index contributed by atoms with van der Waals surface area (Å²) in [6.07, 6.45) is 4.73. The zero-order chi connectivity index (χ0) is 18.2. The summed E-state index contributed by atoms with van der Waals surface area (Å²) in [6, 6.07) is 21.6. The van der Waals surface area contributed by atoms with Gasteiger partial charge in [0.2, 0.25) is 0 Å². The summed E-state index contributed by atoms with van der Waals surface area (Å²) in [6.45, 7) is 3.37. The van der Waals surface area contributed by atoms with E-state index in [0.717, 1.165) is 29.8 Å². The normalized spacial score (nSPS) is 11.3. The smallest absolute Gasteiger partial charge is 0.251 e. The maximum absolute atomic E-state index is 12.8. The van der Waals surface area contributed by atoms with E-state index in [4.69, 9.17) is 0 Å². The Balaban J connectivity index is 1.66. The van der Waals surface area contributed by atoms with Crippen molar-refractivity contribution in [1.82, 2.24) is 15.1 Å². The van der Waals surface area contributed by atoms with E-state index in [1.165, 1.54) is 0 Å². The second-order valence-corrected chi connectivity index (χ2v) is 6.16. The Labute approximate surface area is 154 Å². The molecule has 1 N–H and O–H groups in total. The summed E-state index contributed by atoms with van der Waals surface area (Å²) < 4.78 is 1.90. The Morgan fingerprint density at radius 2 is 1.73 bits per heavy atom. The van der Waals surface area contributed by atoms with Crippen molar-refractivity contribution in [2.45, 2.75) is 19.9 Å². The number of aromatic nitrogens is 2. The Bertz CT molecular complexity index is 867. The molecule has 0 aliphatic carbocycles. The topological polar surface area (TPSA) is 46.9 Å². The molecule has 0 aliphatic heterocycles. The number of hydrogen-bond acceptors (Lipinski definition) is 2. The largest absolute Gasteiger partial charge is 0.352 e. The Morgan fingerprint density at radius 1 is 1.04 bits per heavy atom. The van der Waals surface area contributed by atoms with Gasteiger partial charge in [0.1, 0.15) is 0 Å². The summed E-state index contributed by atoms with van der Waals surface area (Å²) in [4.78, 5) is 12.8. The zero-order valence-electron chi connectivity index (χ0n) is 14.9. The quantitative estimate of drug-likeness (QED) is 0.400. The molecule has 26 heavy (non-hydrogen) atoms. The third kappa shape index (κ3) is 4.93. The second kappa shape index (κ2) is 8.81. The minimum absolute atomic E-state index is 0.0586. The molecule has 0 saturated carbocycles. The van der Waals surface area contributed by atoms with Gasteiger partial charge in [0.25, 0.3) is 5.91 Å². The fraction of sp³-hybridized carbons (Fsp3) is 0.182. The SMILES string of the molecule is Cc1ccn(CCCNC(=O)/C(=C\c2ccccc2)c2ccccc2)n1. The number of carbonyl (C=O) groups excluding carboxylic acids is 1. The van der Waals surface area contributed by atoms with Crippen molar-refractivity contribution >= 4 is 17.6 Å². The lowest BCUT2D eigenvalue weighted by Crippen LogP contribution is -2.26. The molecule has 0 unspecified atom stereocenters. The van der Waals surface area contributed by atoms with Crippen molar-refractivity contribution in [2.75, 3.05) is 6.54 Å². The highest BCUT2D eigenvalue weighted by Gasteiger charge is 2.11. The van der Waals surface area contributed by atoms with Gasteiger partial charge in [-0.3, -0.25) is 9.48 Å². The number of carbonyl (C=O) groups is 1. The fourth-order valence-corrected chi connectivity index (χ4v) is 2.74. The van der Waals surface area contributed by atoms with Gasteiger partial charge in [-0.1, -0.05) is 60.7 Å². The van der Waals surface area contributed by atoms with Crippen LogP contribution in [-0.2, 0) is 11.3 Å². The first-order valence-corrected chi connectivity index (χ1v) is 8.83. The van der Waals surface area contributed by atoms with Gasteiger partial charge in [-0.15, -0.1) is 0 Å². The molecule has 1 heterocycles.